The molecule has 0 radical (unpaired) electrons. The van der Waals surface area contributed by atoms with Gasteiger partial charge in [0.05, 0.1) is 17.7 Å². The SMILES string of the molecule is CCNC(CCC1CCCCO1)c1ccc(OC)c(Br)c1. The van der Waals surface area contributed by atoms with Crippen molar-refractivity contribution in [1.29, 1.82) is 0 Å². The van der Waals surface area contributed by atoms with E-state index < -0.39 is 0 Å². The van der Waals surface area contributed by atoms with Crippen LogP contribution in [-0.4, -0.2) is 26.4 Å². The maximum Gasteiger partial charge on any atom is 0.133 e. The zero-order chi connectivity index (χ0) is 15.1. The molecule has 118 valence electrons. The largest absolute Gasteiger partial charge is 0.496 e. The van der Waals surface area contributed by atoms with Gasteiger partial charge in [-0.3, -0.25) is 0 Å². The average Bonchev–Trinajstić information content (AvgIpc) is 2.52. The van der Waals surface area contributed by atoms with Crippen molar-refractivity contribution in [2.75, 3.05) is 20.3 Å². The van der Waals surface area contributed by atoms with Crippen molar-refractivity contribution in [2.24, 2.45) is 0 Å². The molecular weight excluding hydrogens is 330 g/mol. The summed E-state index contributed by atoms with van der Waals surface area (Å²) in [5, 5.41) is 3.59. The number of hydrogen-bond acceptors (Lipinski definition) is 3. The highest BCUT2D eigenvalue weighted by atomic mass is 79.9. The zero-order valence-corrected chi connectivity index (χ0v) is 14.6. The van der Waals surface area contributed by atoms with E-state index in [1.807, 2.05) is 6.07 Å². The molecule has 2 rings (SSSR count). The van der Waals surface area contributed by atoms with Crippen molar-refractivity contribution in [1.82, 2.24) is 5.32 Å². The Hall–Kier alpha value is -0.580. The zero-order valence-electron chi connectivity index (χ0n) is 13.0. The first-order valence-electron chi connectivity index (χ1n) is 7.93. The molecule has 0 aliphatic carbocycles. The Morgan fingerprint density at radius 2 is 2.29 bits per heavy atom. The lowest BCUT2D eigenvalue weighted by molar-refractivity contribution is 0.00856. The van der Waals surface area contributed by atoms with E-state index >= 15 is 0 Å². The van der Waals surface area contributed by atoms with Crippen molar-refractivity contribution in [3.8, 4) is 5.75 Å². The smallest absolute Gasteiger partial charge is 0.133 e. The lowest BCUT2D eigenvalue weighted by atomic mass is 9.97. The standard InChI is InChI=1S/C17H26BrNO2/c1-3-19-16(9-8-14-6-4-5-11-21-14)13-7-10-17(20-2)15(18)12-13/h7,10,12,14,16,19H,3-6,8-9,11H2,1-2H3. The number of methoxy groups -OCH3 is 1. The van der Waals surface area contributed by atoms with Crippen LogP contribution in [-0.2, 0) is 4.74 Å². The third-order valence-electron chi connectivity index (χ3n) is 4.08. The Kier molecular flexibility index (Phi) is 7.00. The highest BCUT2D eigenvalue weighted by Gasteiger charge is 2.18. The first-order valence-corrected chi connectivity index (χ1v) is 8.72. The lowest BCUT2D eigenvalue weighted by Crippen LogP contribution is -2.25. The second-order valence-electron chi connectivity index (χ2n) is 5.57. The van der Waals surface area contributed by atoms with Crippen LogP contribution in [0, 0.1) is 0 Å². The number of nitrogens with one attached hydrogen (secondary N) is 1. The second kappa shape index (κ2) is 8.76. The van der Waals surface area contributed by atoms with Gasteiger partial charge >= 0.3 is 0 Å². The molecule has 1 aromatic carbocycles. The van der Waals surface area contributed by atoms with E-state index in [1.54, 1.807) is 7.11 Å². The van der Waals surface area contributed by atoms with Crippen LogP contribution in [0.1, 0.15) is 50.6 Å². The van der Waals surface area contributed by atoms with E-state index in [0.29, 0.717) is 12.1 Å². The Morgan fingerprint density at radius 1 is 1.43 bits per heavy atom. The van der Waals surface area contributed by atoms with Gasteiger partial charge in [-0.1, -0.05) is 13.0 Å². The van der Waals surface area contributed by atoms with Gasteiger partial charge < -0.3 is 14.8 Å². The maximum atomic E-state index is 5.85. The monoisotopic (exact) mass is 355 g/mol. The van der Waals surface area contributed by atoms with E-state index in [2.05, 4.69) is 40.3 Å². The third kappa shape index (κ3) is 4.97. The summed E-state index contributed by atoms with van der Waals surface area (Å²) in [6.07, 6.45) is 6.43. The van der Waals surface area contributed by atoms with Gasteiger partial charge in [0.2, 0.25) is 0 Å². The summed E-state index contributed by atoms with van der Waals surface area (Å²) in [6.45, 7) is 4.06. The maximum absolute atomic E-state index is 5.85. The Balaban J connectivity index is 1.98. The Bertz CT molecular complexity index is 433. The number of benzene rings is 1. The van der Waals surface area contributed by atoms with Crippen LogP contribution in [0.2, 0.25) is 0 Å². The van der Waals surface area contributed by atoms with Crippen LogP contribution in [0.5, 0.6) is 5.75 Å². The molecule has 1 aromatic rings. The molecule has 1 heterocycles. The molecule has 1 aliphatic heterocycles. The van der Waals surface area contributed by atoms with Gasteiger partial charge in [0.25, 0.3) is 0 Å². The van der Waals surface area contributed by atoms with E-state index in [9.17, 15) is 0 Å². The molecule has 0 spiro atoms. The quantitative estimate of drug-likeness (QED) is 0.783. The lowest BCUT2D eigenvalue weighted by Gasteiger charge is -2.25. The van der Waals surface area contributed by atoms with Crippen molar-refractivity contribution in [3.05, 3.63) is 28.2 Å². The molecule has 1 fully saturated rings. The number of halogens is 1. The fraction of sp³-hybridized carbons (Fsp3) is 0.647. The minimum absolute atomic E-state index is 0.378. The van der Waals surface area contributed by atoms with Gasteiger partial charge in [0.15, 0.2) is 0 Å². The van der Waals surface area contributed by atoms with Crippen LogP contribution in [0.4, 0.5) is 0 Å². The first-order chi connectivity index (χ1) is 10.2. The number of rotatable bonds is 7. The topological polar surface area (TPSA) is 30.5 Å². The van der Waals surface area contributed by atoms with Gasteiger partial charge in [0.1, 0.15) is 5.75 Å². The third-order valence-corrected chi connectivity index (χ3v) is 4.70. The molecule has 2 unspecified atom stereocenters. The fourth-order valence-corrected chi connectivity index (χ4v) is 3.48. The summed E-state index contributed by atoms with van der Waals surface area (Å²) in [7, 11) is 1.70. The Morgan fingerprint density at radius 3 is 2.90 bits per heavy atom. The molecular formula is C17H26BrNO2. The normalized spacial score (nSPS) is 20.2. The van der Waals surface area contributed by atoms with Crippen LogP contribution in [0.25, 0.3) is 0 Å². The van der Waals surface area contributed by atoms with Gasteiger partial charge in [-0.2, -0.15) is 0 Å². The van der Waals surface area contributed by atoms with E-state index in [-0.39, 0.29) is 0 Å². The molecule has 4 heteroatoms. The summed E-state index contributed by atoms with van der Waals surface area (Å²) >= 11 is 3.58. The minimum atomic E-state index is 0.378. The van der Waals surface area contributed by atoms with Gasteiger partial charge in [0, 0.05) is 12.6 Å². The van der Waals surface area contributed by atoms with Gasteiger partial charge in [-0.05, 0) is 72.3 Å². The summed E-state index contributed by atoms with van der Waals surface area (Å²) in [4.78, 5) is 0. The van der Waals surface area contributed by atoms with Crippen LogP contribution < -0.4 is 10.1 Å². The molecule has 21 heavy (non-hydrogen) atoms. The highest BCUT2D eigenvalue weighted by Crippen LogP contribution is 2.30. The van der Waals surface area contributed by atoms with Crippen LogP contribution in [0.15, 0.2) is 22.7 Å². The molecule has 1 saturated heterocycles. The predicted octanol–water partition coefficient (Wildman–Crippen LogP) is 4.46. The summed E-state index contributed by atoms with van der Waals surface area (Å²) < 4.78 is 12.2. The van der Waals surface area contributed by atoms with Crippen molar-refractivity contribution in [3.63, 3.8) is 0 Å². The summed E-state index contributed by atoms with van der Waals surface area (Å²) in [6, 6.07) is 6.72. The minimum Gasteiger partial charge on any atom is -0.496 e. The predicted molar refractivity (Wildman–Crippen MR) is 89.9 cm³/mol. The first kappa shape index (κ1) is 16.8. The molecule has 0 aromatic heterocycles. The van der Waals surface area contributed by atoms with Gasteiger partial charge in [-0.25, -0.2) is 0 Å². The van der Waals surface area contributed by atoms with Crippen molar-refractivity contribution in [2.45, 2.75) is 51.2 Å². The van der Waals surface area contributed by atoms with Crippen LogP contribution in [0.3, 0.4) is 0 Å². The van der Waals surface area contributed by atoms with Crippen molar-refractivity contribution >= 4 is 15.9 Å². The summed E-state index contributed by atoms with van der Waals surface area (Å²) in [5.41, 5.74) is 1.31. The average molecular weight is 356 g/mol. The highest BCUT2D eigenvalue weighted by molar-refractivity contribution is 9.10. The molecule has 1 aliphatic rings. The van der Waals surface area contributed by atoms with E-state index in [4.69, 9.17) is 9.47 Å². The molecule has 2 atom stereocenters. The Labute approximate surface area is 136 Å². The van der Waals surface area contributed by atoms with Crippen molar-refractivity contribution < 1.29 is 9.47 Å². The fourth-order valence-electron chi connectivity index (χ4n) is 2.92. The van der Waals surface area contributed by atoms with E-state index in [0.717, 1.165) is 36.2 Å². The number of ether oxygens (including phenoxy) is 2. The summed E-state index contributed by atoms with van der Waals surface area (Å²) in [5.74, 6) is 0.879. The van der Waals surface area contributed by atoms with E-state index in [1.165, 1.54) is 24.8 Å². The number of hydrogen-bond donors (Lipinski definition) is 1. The second-order valence-corrected chi connectivity index (χ2v) is 6.42. The molecule has 0 saturated carbocycles. The molecule has 0 bridgehead atoms. The van der Waals surface area contributed by atoms with Gasteiger partial charge in [-0.15, -0.1) is 0 Å². The molecule has 0 amide bonds. The molecule has 1 N–H and O–H groups in total. The van der Waals surface area contributed by atoms with Crippen LogP contribution >= 0.6 is 15.9 Å². The molecule has 3 nitrogen and oxygen atoms in total.